The summed E-state index contributed by atoms with van der Waals surface area (Å²) in [4.78, 5) is 14.0. The van der Waals surface area contributed by atoms with Crippen LogP contribution in [0.15, 0.2) is 54.9 Å². The van der Waals surface area contributed by atoms with Crippen molar-refractivity contribution in [2.45, 2.75) is 32.0 Å². The maximum atomic E-state index is 12.6. The summed E-state index contributed by atoms with van der Waals surface area (Å²) in [5.74, 6) is -0.512. The van der Waals surface area contributed by atoms with Gasteiger partial charge in [-0.3, -0.25) is 9.78 Å². The topological polar surface area (TPSA) is 84.7 Å². The zero-order chi connectivity index (χ0) is 21.7. The zero-order valence-corrected chi connectivity index (χ0v) is 16.0. The van der Waals surface area contributed by atoms with Gasteiger partial charge in [-0.1, -0.05) is 6.07 Å². The summed E-state index contributed by atoms with van der Waals surface area (Å²) in [5.41, 5.74) is 7.57. The van der Waals surface area contributed by atoms with Crippen molar-refractivity contribution in [2.24, 2.45) is 5.73 Å². The van der Waals surface area contributed by atoms with E-state index >= 15 is 0 Å². The molecular formula is C22H19F3N4O. The molecule has 2 aromatic heterocycles. The Morgan fingerprint density at radius 3 is 2.60 bits per heavy atom. The molecule has 0 aliphatic carbocycles. The van der Waals surface area contributed by atoms with Crippen LogP contribution in [-0.2, 0) is 19.1 Å². The van der Waals surface area contributed by atoms with Crippen LogP contribution < -0.4 is 5.73 Å². The van der Waals surface area contributed by atoms with Gasteiger partial charge < -0.3 is 10.3 Å². The Hall–Kier alpha value is -3.60. The molecule has 1 amide bonds. The Balaban J connectivity index is 0.000000199. The molecule has 0 radical (unpaired) electrons. The lowest BCUT2D eigenvalue weighted by Gasteiger charge is -2.13. The van der Waals surface area contributed by atoms with E-state index in [1.165, 1.54) is 18.0 Å². The average molecular weight is 412 g/mol. The summed E-state index contributed by atoms with van der Waals surface area (Å²) < 4.78 is 40.1. The minimum Gasteiger partial charge on any atom is -0.366 e. The molecule has 0 fully saturated rings. The van der Waals surface area contributed by atoms with Crippen LogP contribution in [0.5, 0.6) is 0 Å². The van der Waals surface area contributed by atoms with E-state index < -0.39 is 17.8 Å². The number of alkyl halides is 3. The van der Waals surface area contributed by atoms with Crippen molar-refractivity contribution in [3.63, 3.8) is 0 Å². The van der Waals surface area contributed by atoms with Crippen molar-refractivity contribution >= 4 is 5.91 Å². The van der Waals surface area contributed by atoms with E-state index in [4.69, 9.17) is 11.0 Å². The Morgan fingerprint density at radius 1 is 1.13 bits per heavy atom. The van der Waals surface area contributed by atoms with Gasteiger partial charge in [-0.05, 0) is 66.8 Å². The second kappa shape index (κ2) is 8.82. The number of nitrogens with zero attached hydrogens (tertiary/aromatic N) is 3. The van der Waals surface area contributed by atoms with Crippen molar-refractivity contribution in [3.05, 3.63) is 77.4 Å². The lowest BCUT2D eigenvalue weighted by molar-refractivity contribution is -0.141. The minimum absolute atomic E-state index is 0.365. The van der Waals surface area contributed by atoms with Gasteiger partial charge in [-0.15, -0.1) is 0 Å². The van der Waals surface area contributed by atoms with Gasteiger partial charge in [0.05, 0.1) is 11.6 Å². The fraction of sp³-hybridized carbons (Fsp3) is 0.227. The molecule has 0 bridgehead atoms. The SMILES string of the molecule is FC(F)(F)c1cc(-c2cc3n(c2)CCCC3)ccn1.N#Cc1cccc(C(N)=O)c1. The average Bonchev–Trinajstić information content (AvgIpc) is 3.18. The molecule has 1 aliphatic rings. The minimum atomic E-state index is -4.39. The number of carbonyl (C=O) groups excluding carboxylic acids is 1. The third kappa shape index (κ3) is 5.06. The van der Waals surface area contributed by atoms with E-state index in [1.54, 1.807) is 24.3 Å². The van der Waals surface area contributed by atoms with Crippen LogP contribution in [-0.4, -0.2) is 15.5 Å². The van der Waals surface area contributed by atoms with Crippen molar-refractivity contribution < 1.29 is 18.0 Å². The maximum Gasteiger partial charge on any atom is 0.433 e. The fourth-order valence-corrected chi connectivity index (χ4v) is 3.23. The molecule has 8 heteroatoms. The number of aromatic nitrogens is 2. The Labute approximate surface area is 171 Å². The van der Waals surface area contributed by atoms with Crippen LogP contribution in [0.1, 0.15) is 40.2 Å². The molecule has 3 aromatic rings. The molecular weight excluding hydrogens is 393 g/mol. The van der Waals surface area contributed by atoms with Gasteiger partial charge >= 0.3 is 6.18 Å². The second-order valence-electron chi connectivity index (χ2n) is 6.85. The fourth-order valence-electron chi connectivity index (χ4n) is 3.23. The Bertz CT molecular complexity index is 1070. The van der Waals surface area contributed by atoms with Crippen LogP contribution in [0, 0.1) is 11.3 Å². The summed E-state index contributed by atoms with van der Waals surface area (Å²) in [7, 11) is 0. The van der Waals surface area contributed by atoms with Crippen LogP contribution in [0.3, 0.4) is 0 Å². The number of hydrogen-bond donors (Lipinski definition) is 1. The Morgan fingerprint density at radius 2 is 1.93 bits per heavy atom. The molecule has 154 valence electrons. The number of hydrogen-bond acceptors (Lipinski definition) is 3. The number of benzene rings is 1. The van der Waals surface area contributed by atoms with Gasteiger partial charge in [0.15, 0.2) is 0 Å². The predicted octanol–water partition coefficient (Wildman–Crippen LogP) is 4.56. The number of aryl methyl sites for hydroxylation is 2. The first-order valence-corrected chi connectivity index (χ1v) is 9.30. The van der Waals surface area contributed by atoms with Gasteiger partial charge in [-0.25, -0.2) is 0 Å². The second-order valence-corrected chi connectivity index (χ2v) is 6.85. The van der Waals surface area contributed by atoms with Crippen LogP contribution >= 0.6 is 0 Å². The van der Waals surface area contributed by atoms with Gasteiger partial charge in [0, 0.05) is 30.2 Å². The molecule has 0 spiro atoms. The van der Waals surface area contributed by atoms with E-state index in [1.807, 2.05) is 18.3 Å². The molecule has 0 saturated carbocycles. The van der Waals surface area contributed by atoms with E-state index in [0.29, 0.717) is 16.7 Å². The highest BCUT2D eigenvalue weighted by molar-refractivity contribution is 5.93. The molecule has 1 aromatic carbocycles. The van der Waals surface area contributed by atoms with Gasteiger partial charge in [0.1, 0.15) is 5.69 Å². The van der Waals surface area contributed by atoms with Crippen molar-refractivity contribution in [2.75, 3.05) is 0 Å². The van der Waals surface area contributed by atoms with E-state index in [-0.39, 0.29) is 0 Å². The quantitative estimate of drug-likeness (QED) is 0.670. The molecule has 3 heterocycles. The number of nitrogens with two attached hydrogens (primary N) is 1. The molecule has 0 atom stereocenters. The third-order valence-electron chi connectivity index (χ3n) is 4.73. The van der Waals surface area contributed by atoms with Gasteiger partial charge in [0.2, 0.25) is 5.91 Å². The number of pyridine rings is 1. The van der Waals surface area contributed by atoms with Crippen molar-refractivity contribution in [3.8, 4) is 17.2 Å². The van der Waals surface area contributed by atoms with E-state index in [0.717, 1.165) is 37.4 Å². The number of amides is 1. The van der Waals surface area contributed by atoms with Gasteiger partial charge in [-0.2, -0.15) is 18.4 Å². The van der Waals surface area contributed by atoms with Crippen molar-refractivity contribution in [1.82, 2.24) is 9.55 Å². The molecule has 30 heavy (non-hydrogen) atoms. The van der Waals surface area contributed by atoms with Crippen LogP contribution in [0.25, 0.3) is 11.1 Å². The maximum absolute atomic E-state index is 12.6. The summed E-state index contributed by atoms with van der Waals surface area (Å²) in [6.45, 7) is 0.951. The first-order valence-electron chi connectivity index (χ1n) is 9.30. The monoisotopic (exact) mass is 412 g/mol. The molecule has 4 rings (SSSR count). The highest BCUT2D eigenvalue weighted by Gasteiger charge is 2.32. The molecule has 1 aliphatic heterocycles. The summed E-state index contributed by atoms with van der Waals surface area (Å²) in [6, 6.07) is 12.9. The predicted molar refractivity (Wildman–Crippen MR) is 105 cm³/mol. The van der Waals surface area contributed by atoms with E-state index in [9.17, 15) is 18.0 Å². The van der Waals surface area contributed by atoms with Crippen molar-refractivity contribution in [1.29, 1.82) is 5.26 Å². The first-order chi connectivity index (χ1) is 14.3. The normalized spacial score (nSPS) is 12.9. The third-order valence-corrected chi connectivity index (χ3v) is 4.73. The van der Waals surface area contributed by atoms with Crippen LogP contribution in [0.2, 0.25) is 0 Å². The standard InChI is InChI=1S/C14H13F3N2.C8H6N2O/c15-14(16,17)13-8-10(4-5-18-13)11-7-12-3-1-2-6-19(12)9-11;9-5-6-2-1-3-7(4-6)8(10)11/h4-5,7-9H,1-3,6H2;1-4H,(H2,10,11). The summed E-state index contributed by atoms with van der Waals surface area (Å²) in [6.07, 6.45) is 2.03. The lowest BCUT2D eigenvalue weighted by Crippen LogP contribution is -2.10. The summed E-state index contributed by atoms with van der Waals surface area (Å²) in [5, 5.41) is 8.44. The largest absolute Gasteiger partial charge is 0.433 e. The number of halogens is 3. The number of primary amides is 1. The van der Waals surface area contributed by atoms with Gasteiger partial charge in [0.25, 0.3) is 0 Å². The molecule has 2 N–H and O–H groups in total. The first kappa shape index (κ1) is 21.1. The number of nitriles is 1. The summed E-state index contributed by atoms with van der Waals surface area (Å²) >= 11 is 0. The molecule has 0 unspecified atom stereocenters. The lowest BCUT2D eigenvalue weighted by atomic mass is 10.1. The highest BCUT2D eigenvalue weighted by Crippen LogP contribution is 2.31. The zero-order valence-electron chi connectivity index (χ0n) is 16.0. The highest BCUT2D eigenvalue weighted by atomic mass is 19.4. The number of fused-ring (bicyclic) bond motifs is 1. The number of carbonyl (C=O) groups is 1. The smallest absolute Gasteiger partial charge is 0.366 e. The molecule has 5 nitrogen and oxygen atoms in total. The van der Waals surface area contributed by atoms with E-state index in [2.05, 4.69) is 9.55 Å². The Kier molecular flexibility index (Phi) is 6.21. The molecule has 0 saturated heterocycles. The van der Waals surface area contributed by atoms with Crippen LogP contribution in [0.4, 0.5) is 13.2 Å². The number of rotatable bonds is 2.